The molecule has 0 unspecified atom stereocenters. The first-order valence-electron chi connectivity index (χ1n) is 10.3. The highest BCUT2D eigenvalue weighted by Gasteiger charge is 2.22. The van der Waals surface area contributed by atoms with Crippen LogP contribution in [-0.4, -0.2) is 49.6 Å². The molecule has 0 aliphatic carbocycles. The topological polar surface area (TPSA) is 45.7 Å². The second kappa shape index (κ2) is 10.4. The zero-order valence-corrected chi connectivity index (χ0v) is 20.8. The minimum atomic E-state index is -0.0265. The fourth-order valence-electron chi connectivity index (χ4n) is 3.12. The number of carbonyl (C=O) groups excluding carboxylic acids is 1. The molecule has 7 heteroatoms. The Hall–Kier alpha value is -2.15. The maximum Gasteiger partial charge on any atom is 0.260 e. The predicted molar refractivity (Wildman–Crippen MR) is 133 cm³/mol. The van der Waals surface area contributed by atoms with Crippen LogP contribution < -0.4 is 9.64 Å². The van der Waals surface area contributed by atoms with Gasteiger partial charge < -0.3 is 9.64 Å². The minimum Gasteiger partial charge on any atom is -0.494 e. The van der Waals surface area contributed by atoms with E-state index in [1.807, 2.05) is 63.5 Å². The molecule has 3 rings (SSSR count). The fraction of sp³-hybridized carbons (Fsp3) is 0.417. The number of halogens is 1. The summed E-state index contributed by atoms with van der Waals surface area (Å²) < 4.78 is 6.63. The second-order valence-electron chi connectivity index (χ2n) is 8.65. The van der Waals surface area contributed by atoms with Gasteiger partial charge in [-0.1, -0.05) is 44.2 Å². The van der Waals surface area contributed by atoms with E-state index in [1.165, 1.54) is 16.9 Å². The van der Waals surface area contributed by atoms with E-state index in [1.54, 1.807) is 4.90 Å². The van der Waals surface area contributed by atoms with Crippen LogP contribution in [0.25, 0.3) is 10.2 Å². The van der Waals surface area contributed by atoms with E-state index in [-0.39, 0.29) is 23.7 Å². The zero-order valence-electron chi connectivity index (χ0n) is 19.1. The van der Waals surface area contributed by atoms with E-state index < -0.39 is 0 Å². The number of carbonyl (C=O) groups is 1. The van der Waals surface area contributed by atoms with Gasteiger partial charge in [0.05, 0.1) is 16.8 Å². The fourth-order valence-corrected chi connectivity index (χ4v) is 4.14. The van der Waals surface area contributed by atoms with E-state index in [2.05, 4.69) is 25.7 Å². The van der Waals surface area contributed by atoms with Crippen molar-refractivity contribution in [1.82, 2.24) is 9.88 Å². The Morgan fingerprint density at radius 1 is 1.06 bits per heavy atom. The maximum atomic E-state index is 13.4. The first-order chi connectivity index (χ1) is 14.2. The van der Waals surface area contributed by atoms with Gasteiger partial charge in [0.15, 0.2) is 5.13 Å². The van der Waals surface area contributed by atoms with E-state index >= 15 is 0 Å². The lowest BCUT2D eigenvalue weighted by Crippen LogP contribution is -2.36. The molecule has 0 aliphatic rings. The normalized spacial score (nSPS) is 11.5. The molecular formula is C24H32ClN3O2S. The molecule has 0 atom stereocenters. The highest BCUT2D eigenvalue weighted by molar-refractivity contribution is 7.22. The van der Waals surface area contributed by atoms with Crippen molar-refractivity contribution in [3.05, 3.63) is 53.6 Å². The van der Waals surface area contributed by atoms with Gasteiger partial charge in [0.25, 0.3) is 5.91 Å². The van der Waals surface area contributed by atoms with Crippen molar-refractivity contribution in [3.8, 4) is 5.75 Å². The van der Waals surface area contributed by atoms with Crippen molar-refractivity contribution in [3.63, 3.8) is 0 Å². The summed E-state index contributed by atoms with van der Waals surface area (Å²) in [7, 11) is 4.01. The van der Waals surface area contributed by atoms with Gasteiger partial charge in [0.1, 0.15) is 5.75 Å². The number of ether oxygens (including phenoxy) is 1. The molecule has 1 heterocycles. The summed E-state index contributed by atoms with van der Waals surface area (Å²) in [4.78, 5) is 22.0. The summed E-state index contributed by atoms with van der Waals surface area (Å²) >= 11 is 1.52. The number of thiazole rings is 1. The number of fused-ring (bicyclic) bond motifs is 1. The Balaban J connectivity index is 0.00000341. The molecule has 0 fully saturated rings. The third-order valence-electron chi connectivity index (χ3n) is 4.90. The van der Waals surface area contributed by atoms with Gasteiger partial charge >= 0.3 is 0 Å². The molecule has 0 saturated carbocycles. The van der Waals surface area contributed by atoms with Crippen LogP contribution in [-0.2, 0) is 5.41 Å². The number of hydrogen-bond donors (Lipinski definition) is 0. The SMILES string of the molecule is CCOc1ccc2nc(N(CCN(C)C)C(=O)c3ccc(C(C)(C)C)cc3)sc2c1.Cl. The molecule has 168 valence electrons. The summed E-state index contributed by atoms with van der Waals surface area (Å²) in [5.74, 6) is 0.797. The maximum absolute atomic E-state index is 13.4. The Kier molecular flexibility index (Phi) is 8.46. The van der Waals surface area contributed by atoms with Gasteiger partial charge in [0.2, 0.25) is 0 Å². The van der Waals surface area contributed by atoms with Crippen LogP contribution in [0, 0.1) is 0 Å². The van der Waals surface area contributed by atoms with Crippen LogP contribution in [0.1, 0.15) is 43.6 Å². The van der Waals surface area contributed by atoms with Crippen LogP contribution in [0.5, 0.6) is 5.75 Å². The monoisotopic (exact) mass is 461 g/mol. The Morgan fingerprint density at radius 2 is 1.74 bits per heavy atom. The van der Waals surface area contributed by atoms with Crippen LogP contribution in [0.2, 0.25) is 0 Å². The van der Waals surface area contributed by atoms with E-state index in [0.29, 0.717) is 23.8 Å². The number of hydrogen-bond acceptors (Lipinski definition) is 5. The minimum absolute atomic E-state index is 0. The Morgan fingerprint density at radius 3 is 2.32 bits per heavy atom. The lowest BCUT2D eigenvalue weighted by molar-refractivity contribution is 0.0985. The number of nitrogens with zero attached hydrogens (tertiary/aromatic N) is 3. The number of rotatable bonds is 7. The smallest absolute Gasteiger partial charge is 0.260 e. The molecule has 0 radical (unpaired) electrons. The van der Waals surface area contributed by atoms with Crippen molar-refractivity contribution in [2.45, 2.75) is 33.1 Å². The summed E-state index contributed by atoms with van der Waals surface area (Å²) in [6, 6.07) is 13.8. The molecule has 1 aromatic heterocycles. The van der Waals surface area contributed by atoms with Gasteiger partial charge in [-0.05, 0) is 62.3 Å². The van der Waals surface area contributed by atoms with Crippen molar-refractivity contribution < 1.29 is 9.53 Å². The van der Waals surface area contributed by atoms with Crippen LogP contribution in [0.3, 0.4) is 0 Å². The Bertz CT molecular complexity index is 1010. The lowest BCUT2D eigenvalue weighted by atomic mass is 9.86. The first kappa shape index (κ1) is 25.1. The van der Waals surface area contributed by atoms with E-state index in [4.69, 9.17) is 9.72 Å². The van der Waals surface area contributed by atoms with Crippen molar-refractivity contribution in [1.29, 1.82) is 0 Å². The Labute approximate surface area is 195 Å². The molecule has 0 saturated heterocycles. The van der Waals surface area contributed by atoms with Gasteiger partial charge in [-0.2, -0.15) is 0 Å². The number of likely N-dealkylation sites (N-methyl/N-ethyl adjacent to an activating group) is 1. The van der Waals surface area contributed by atoms with E-state index in [0.717, 1.165) is 22.5 Å². The van der Waals surface area contributed by atoms with Gasteiger partial charge in [0, 0.05) is 18.7 Å². The average molecular weight is 462 g/mol. The van der Waals surface area contributed by atoms with Gasteiger partial charge in [-0.15, -0.1) is 12.4 Å². The van der Waals surface area contributed by atoms with Crippen LogP contribution in [0.15, 0.2) is 42.5 Å². The molecule has 0 spiro atoms. The third kappa shape index (κ3) is 6.19. The summed E-state index contributed by atoms with van der Waals surface area (Å²) in [6.45, 7) is 10.4. The molecular weight excluding hydrogens is 430 g/mol. The van der Waals surface area contributed by atoms with Gasteiger partial charge in [-0.3, -0.25) is 9.69 Å². The first-order valence-corrected chi connectivity index (χ1v) is 11.1. The number of anilines is 1. The summed E-state index contributed by atoms with van der Waals surface area (Å²) in [5, 5.41) is 0.713. The van der Waals surface area contributed by atoms with Crippen molar-refractivity contribution >= 4 is 45.0 Å². The standard InChI is InChI=1S/C24H31N3O2S.ClH/c1-7-29-19-12-13-20-21(16-19)30-23(25-20)27(15-14-26(5)6)22(28)17-8-10-18(11-9-17)24(2,3)4;/h8-13,16H,7,14-15H2,1-6H3;1H. The van der Waals surface area contributed by atoms with Crippen LogP contribution >= 0.6 is 23.7 Å². The molecule has 0 aliphatic heterocycles. The molecule has 3 aromatic rings. The van der Waals surface area contributed by atoms with Crippen molar-refractivity contribution in [2.75, 3.05) is 38.7 Å². The number of amides is 1. The molecule has 2 aromatic carbocycles. The molecule has 31 heavy (non-hydrogen) atoms. The molecule has 0 bridgehead atoms. The average Bonchev–Trinajstić information content (AvgIpc) is 3.10. The lowest BCUT2D eigenvalue weighted by Gasteiger charge is -2.23. The largest absolute Gasteiger partial charge is 0.494 e. The van der Waals surface area contributed by atoms with Gasteiger partial charge in [-0.25, -0.2) is 4.98 Å². The number of benzene rings is 2. The third-order valence-corrected chi connectivity index (χ3v) is 5.95. The van der Waals surface area contributed by atoms with Crippen molar-refractivity contribution in [2.24, 2.45) is 0 Å². The molecule has 1 amide bonds. The summed E-state index contributed by atoms with van der Waals surface area (Å²) in [6.07, 6.45) is 0. The summed E-state index contributed by atoms with van der Waals surface area (Å²) in [5.41, 5.74) is 2.82. The predicted octanol–water partition coefficient (Wildman–Crippen LogP) is 5.62. The highest BCUT2D eigenvalue weighted by Crippen LogP contribution is 2.32. The second-order valence-corrected chi connectivity index (χ2v) is 9.66. The molecule has 5 nitrogen and oxygen atoms in total. The van der Waals surface area contributed by atoms with E-state index in [9.17, 15) is 4.79 Å². The highest BCUT2D eigenvalue weighted by atomic mass is 35.5. The van der Waals surface area contributed by atoms with Crippen LogP contribution in [0.4, 0.5) is 5.13 Å². The number of aromatic nitrogens is 1. The zero-order chi connectivity index (χ0) is 21.9. The quantitative estimate of drug-likeness (QED) is 0.458. The molecule has 0 N–H and O–H groups in total.